The number of nitrogens with two attached hydrogens (primary N) is 2. The number of carbonyl (C=O) groups is 2. The first-order valence-electron chi connectivity index (χ1n) is 5.33. The molecule has 1 aromatic carbocycles. The van der Waals surface area contributed by atoms with Crippen LogP contribution in [0.25, 0.3) is 6.08 Å². The van der Waals surface area contributed by atoms with Gasteiger partial charge in [-0.3, -0.25) is 9.59 Å². The number of primary amides is 2. The van der Waals surface area contributed by atoms with Crippen LogP contribution in [0.3, 0.4) is 0 Å². The van der Waals surface area contributed by atoms with Gasteiger partial charge in [0.1, 0.15) is 5.57 Å². The molecule has 0 saturated carbocycles. The smallest absolute Gasteiger partial charge is 0.254 e. The first-order valence-corrected chi connectivity index (χ1v) is 5.33. The highest BCUT2D eigenvalue weighted by Crippen LogP contribution is 2.16. The van der Waals surface area contributed by atoms with E-state index in [1.54, 1.807) is 0 Å². The summed E-state index contributed by atoms with van der Waals surface area (Å²) in [7, 11) is 0. The van der Waals surface area contributed by atoms with Crippen LogP contribution in [0.2, 0.25) is 0 Å². The molecule has 0 fully saturated rings. The van der Waals surface area contributed by atoms with E-state index >= 15 is 0 Å². The van der Waals surface area contributed by atoms with Crippen molar-refractivity contribution in [3.8, 4) is 0 Å². The molecule has 0 aliphatic carbocycles. The van der Waals surface area contributed by atoms with Gasteiger partial charge in [-0.25, -0.2) is 0 Å². The molecule has 0 aliphatic heterocycles. The molecular weight excluding hydrogens is 216 g/mol. The minimum atomic E-state index is -0.814. The monoisotopic (exact) mass is 232 g/mol. The van der Waals surface area contributed by atoms with Crippen LogP contribution >= 0.6 is 0 Å². The van der Waals surface area contributed by atoms with Crippen molar-refractivity contribution in [3.63, 3.8) is 0 Å². The van der Waals surface area contributed by atoms with Crippen LogP contribution in [0, 0.1) is 0 Å². The van der Waals surface area contributed by atoms with Crippen LogP contribution < -0.4 is 11.5 Å². The highest BCUT2D eigenvalue weighted by molar-refractivity contribution is 6.20. The molecule has 0 spiro atoms. The van der Waals surface area contributed by atoms with E-state index in [0.717, 1.165) is 5.56 Å². The van der Waals surface area contributed by atoms with E-state index in [9.17, 15) is 9.59 Å². The van der Waals surface area contributed by atoms with Gasteiger partial charge in [0.15, 0.2) is 0 Å². The van der Waals surface area contributed by atoms with Gasteiger partial charge in [-0.15, -0.1) is 0 Å². The predicted octanol–water partition coefficient (Wildman–Crippen LogP) is 1.16. The molecule has 90 valence electrons. The number of benzene rings is 1. The van der Waals surface area contributed by atoms with Crippen molar-refractivity contribution in [2.75, 3.05) is 0 Å². The molecule has 0 bridgehead atoms. The van der Waals surface area contributed by atoms with Crippen molar-refractivity contribution in [3.05, 3.63) is 41.0 Å². The van der Waals surface area contributed by atoms with E-state index in [2.05, 4.69) is 13.8 Å². The van der Waals surface area contributed by atoms with Crippen LogP contribution in [0.1, 0.15) is 30.9 Å². The summed E-state index contributed by atoms with van der Waals surface area (Å²) in [6, 6.07) is 7.52. The third kappa shape index (κ3) is 3.45. The van der Waals surface area contributed by atoms with E-state index in [4.69, 9.17) is 11.5 Å². The Hall–Kier alpha value is -2.10. The lowest BCUT2D eigenvalue weighted by atomic mass is 10.0. The lowest BCUT2D eigenvalue weighted by Crippen LogP contribution is -2.25. The average molecular weight is 232 g/mol. The standard InChI is InChI=1S/C13H16N2O2/c1-8(2)10-5-3-9(4-6-10)7-11(12(14)16)13(15)17/h3-8H,1-2H3,(H2,14,16)(H2,15,17). The molecule has 2 amide bonds. The van der Waals surface area contributed by atoms with Gasteiger partial charge in [-0.2, -0.15) is 0 Å². The average Bonchev–Trinajstić information content (AvgIpc) is 2.25. The SMILES string of the molecule is CC(C)c1ccc(C=C(C(N)=O)C(N)=O)cc1. The third-order valence-corrected chi connectivity index (χ3v) is 2.45. The van der Waals surface area contributed by atoms with E-state index in [1.165, 1.54) is 11.6 Å². The Morgan fingerprint density at radius 3 is 1.88 bits per heavy atom. The Morgan fingerprint density at radius 2 is 1.53 bits per heavy atom. The van der Waals surface area contributed by atoms with Crippen molar-refractivity contribution in [2.45, 2.75) is 19.8 Å². The summed E-state index contributed by atoms with van der Waals surface area (Å²) in [5.41, 5.74) is 11.8. The highest BCUT2D eigenvalue weighted by atomic mass is 16.2. The van der Waals surface area contributed by atoms with Crippen molar-refractivity contribution >= 4 is 17.9 Å². The first kappa shape index (κ1) is 13.0. The van der Waals surface area contributed by atoms with Crippen molar-refractivity contribution in [1.29, 1.82) is 0 Å². The Kier molecular flexibility index (Phi) is 4.04. The molecule has 17 heavy (non-hydrogen) atoms. The summed E-state index contributed by atoms with van der Waals surface area (Å²) in [5, 5.41) is 0. The Morgan fingerprint density at radius 1 is 1.06 bits per heavy atom. The summed E-state index contributed by atoms with van der Waals surface area (Å²) >= 11 is 0. The van der Waals surface area contributed by atoms with Gasteiger partial charge < -0.3 is 11.5 Å². The van der Waals surface area contributed by atoms with Gasteiger partial charge in [0.25, 0.3) is 11.8 Å². The number of carbonyl (C=O) groups excluding carboxylic acids is 2. The minimum Gasteiger partial charge on any atom is -0.365 e. The van der Waals surface area contributed by atoms with Crippen LogP contribution in [0.4, 0.5) is 0 Å². The molecule has 0 unspecified atom stereocenters. The molecule has 0 heterocycles. The highest BCUT2D eigenvalue weighted by Gasteiger charge is 2.11. The number of amides is 2. The van der Waals surface area contributed by atoms with E-state index in [0.29, 0.717) is 5.92 Å². The fraction of sp³-hybridized carbons (Fsp3) is 0.231. The van der Waals surface area contributed by atoms with Gasteiger partial charge in [-0.1, -0.05) is 38.1 Å². The maximum absolute atomic E-state index is 11.0. The van der Waals surface area contributed by atoms with E-state index in [1.807, 2.05) is 24.3 Å². The second-order valence-corrected chi connectivity index (χ2v) is 4.11. The zero-order valence-corrected chi connectivity index (χ0v) is 9.94. The second-order valence-electron chi connectivity index (χ2n) is 4.11. The molecule has 4 nitrogen and oxygen atoms in total. The summed E-state index contributed by atoms with van der Waals surface area (Å²) < 4.78 is 0. The van der Waals surface area contributed by atoms with Crippen LogP contribution in [-0.4, -0.2) is 11.8 Å². The molecular formula is C13H16N2O2. The summed E-state index contributed by atoms with van der Waals surface area (Å²) in [4.78, 5) is 21.9. The van der Waals surface area contributed by atoms with Gasteiger partial charge in [-0.05, 0) is 23.1 Å². The Labute approximate surface area is 100 Å². The van der Waals surface area contributed by atoms with E-state index in [-0.39, 0.29) is 5.57 Å². The molecule has 1 aromatic rings. The van der Waals surface area contributed by atoms with Gasteiger partial charge >= 0.3 is 0 Å². The van der Waals surface area contributed by atoms with Crippen molar-refractivity contribution in [2.24, 2.45) is 11.5 Å². The molecule has 0 aromatic heterocycles. The largest absolute Gasteiger partial charge is 0.365 e. The topological polar surface area (TPSA) is 86.2 Å². The quantitative estimate of drug-likeness (QED) is 0.463. The fourth-order valence-corrected chi connectivity index (χ4v) is 1.41. The van der Waals surface area contributed by atoms with Crippen molar-refractivity contribution in [1.82, 2.24) is 0 Å². The molecule has 4 heteroatoms. The summed E-state index contributed by atoms with van der Waals surface area (Å²) in [5.74, 6) is -1.20. The minimum absolute atomic E-state index is 0.192. The summed E-state index contributed by atoms with van der Waals surface area (Å²) in [6.45, 7) is 4.17. The molecule has 0 aliphatic rings. The van der Waals surface area contributed by atoms with Gasteiger partial charge in [0.05, 0.1) is 0 Å². The molecule has 0 radical (unpaired) electrons. The van der Waals surface area contributed by atoms with Crippen LogP contribution in [0.5, 0.6) is 0 Å². The van der Waals surface area contributed by atoms with Crippen LogP contribution in [0.15, 0.2) is 29.8 Å². The number of hydrogen-bond acceptors (Lipinski definition) is 2. The Bertz CT molecular complexity index is 443. The lowest BCUT2D eigenvalue weighted by Gasteiger charge is -2.05. The molecule has 0 saturated heterocycles. The lowest BCUT2D eigenvalue weighted by molar-refractivity contribution is -0.120. The molecule has 4 N–H and O–H groups in total. The fourth-order valence-electron chi connectivity index (χ4n) is 1.41. The normalized spacial score (nSPS) is 10.1. The zero-order valence-electron chi connectivity index (χ0n) is 9.94. The summed E-state index contributed by atoms with van der Waals surface area (Å²) in [6.07, 6.45) is 1.40. The zero-order chi connectivity index (χ0) is 13.0. The predicted molar refractivity (Wildman–Crippen MR) is 66.9 cm³/mol. The Balaban J connectivity index is 3.05. The maximum atomic E-state index is 11.0. The van der Waals surface area contributed by atoms with E-state index < -0.39 is 11.8 Å². The van der Waals surface area contributed by atoms with Gasteiger partial charge in [0, 0.05) is 0 Å². The maximum Gasteiger partial charge on any atom is 0.254 e. The number of hydrogen-bond donors (Lipinski definition) is 2. The molecule has 1 rings (SSSR count). The third-order valence-electron chi connectivity index (χ3n) is 2.45. The van der Waals surface area contributed by atoms with Crippen molar-refractivity contribution < 1.29 is 9.59 Å². The first-order chi connectivity index (χ1) is 7.91. The van der Waals surface area contributed by atoms with Crippen LogP contribution in [-0.2, 0) is 9.59 Å². The molecule has 0 atom stereocenters. The second kappa shape index (κ2) is 5.30. The number of rotatable bonds is 4. The van der Waals surface area contributed by atoms with Gasteiger partial charge in [0.2, 0.25) is 0 Å².